The highest BCUT2D eigenvalue weighted by atomic mass is 32.2. The zero-order valence-electron chi connectivity index (χ0n) is 10.8. The van der Waals surface area contributed by atoms with Gasteiger partial charge in [0.05, 0.1) is 11.5 Å². The van der Waals surface area contributed by atoms with Crippen LogP contribution in [-0.4, -0.2) is 47.8 Å². The summed E-state index contributed by atoms with van der Waals surface area (Å²) in [5.74, 6) is 1.71. The van der Waals surface area contributed by atoms with Gasteiger partial charge in [-0.25, -0.2) is 13.4 Å². The average Bonchev–Trinajstić information content (AvgIpc) is 2.91. The highest BCUT2D eigenvalue weighted by Crippen LogP contribution is 2.23. The smallest absolute Gasteiger partial charge is 0.150 e. The molecule has 2 heterocycles. The van der Waals surface area contributed by atoms with Gasteiger partial charge in [0, 0.05) is 19.0 Å². The summed E-state index contributed by atoms with van der Waals surface area (Å²) in [6.45, 7) is 2.81. The minimum absolute atomic E-state index is 0.150. The van der Waals surface area contributed by atoms with Gasteiger partial charge in [0.15, 0.2) is 9.84 Å². The van der Waals surface area contributed by atoms with E-state index in [1.807, 2.05) is 18.7 Å². The van der Waals surface area contributed by atoms with Crippen molar-refractivity contribution in [3.63, 3.8) is 0 Å². The lowest BCUT2D eigenvalue weighted by Crippen LogP contribution is -2.37. The van der Waals surface area contributed by atoms with Crippen molar-refractivity contribution >= 4 is 9.84 Å². The largest absolute Gasteiger partial charge is 0.316 e. The maximum absolute atomic E-state index is 11.5. The lowest BCUT2D eigenvalue weighted by atomic mass is 9.96. The highest BCUT2D eigenvalue weighted by Gasteiger charge is 2.33. The minimum Gasteiger partial charge on any atom is -0.316 e. The van der Waals surface area contributed by atoms with Crippen molar-refractivity contribution in [3.05, 3.63) is 12.2 Å². The van der Waals surface area contributed by atoms with Gasteiger partial charge in [0.25, 0.3) is 0 Å². The van der Waals surface area contributed by atoms with Crippen molar-refractivity contribution in [1.82, 2.24) is 20.1 Å². The van der Waals surface area contributed by atoms with E-state index < -0.39 is 9.84 Å². The molecule has 1 aliphatic heterocycles. The van der Waals surface area contributed by atoms with E-state index in [9.17, 15) is 8.42 Å². The number of hydrogen-bond donors (Lipinski definition) is 1. The number of likely N-dealkylation sites (N-methyl/N-ethyl adjacent to an activating group) is 1. The Morgan fingerprint density at radius 2 is 2.39 bits per heavy atom. The van der Waals surface area contributed by atoms with Crippen LogP contribution in [0.15, 0.2) is 6.33 Å². The number of aromatic nitrogens is 3. The van der Waals surface area contributed by atoms with Gasteiger partial charge in [-0.1, -0.05) is 0 Å². The maximum atomic E-state index is 11.5. The van der Waals surface area contributed by atoms with Gasteiger partial charge in [0.2, 0.25) is 0 Å². The molecule has 1 fully saturated rings. The topological polar surface area (TPSA) is 76.9 Å². The highest BCUT2D eigenvalue weighted by molar-refractivity contribution is 7.91. The van der Waals surface area contributed by atoms with Crippen LogP contribution in [0.4, 0.5) is 0 Å². The molecule has 1 aliphatic rings. The first kappa shape index (κ1) is 13.5. The Kier molecular flexibility index (Phi) is 4.01. The van der Waals surface area contributed by atoms with Crippen molar-refractivity contribution in [1.29, 1.82) is 0 Å². The van der Waals surface area contributed by atoms with E-state index in [4.69, 9.17) is 0 Å². The first-order valence-electron chi connectivity index (χ1n) is 6.30. The molecule has 0 aromatic carbocycles. The SMILES string of the molecule is CCn1ncnc1CC(NC)C1CCS(=O)(=O)C1. The Labute approximate surface area is 108 Å². The number of sulfone groups is 1. The van der Waals surface area contributed by atoms with Crippen LogP contribution in [-0.2, 0) is 22.8 Å². The van der Waals surface area contributed by atoms with Crippen molar-refractivity contribution in [3.8, 4) is 0 Å². The second-order valence-electron chi connectivity index (χ2n) is 4.75. The van der Waals surface area contributed by atoms with Gasteiger partial charge in [-0.05, 0) is 26.3 Å². The van der Waals surface area contributed by atoms with Gasteiger partial charge in [-0.2, -0.15) is 5.10 Å². The van der Waals surface area contributed by atoms with Crippen molar-refractivity contribution in [2.45, 2.75) is 32.4 Å². The third kappa shape index (κ3) is 2.89. The van der Waals surface area contributed by atoms with Crippen LogP contribution in [0.5, 0.6) is 0 Å². The van der Waals surface area contributed by atoms with Gasteiger partial charge in [0.1, 0.15) is 12.2 Å². The molecule has 1 aromatic heterocycles. The summed E-state index contributed by atoms with van der Waals surface area (Å²) < 4.78 is 24.9. The van der Waals surface area contributed by atoms with Crippen molar-refractivity contribution < 1.29 is 8.42 Å². The zero-order valence-corrected chi connectivity index (χ0v) is 11.7. The Bertz CT molecular complexity index is 497. The molecule has 1 aromatic rings. The van der Waals surface area contributed by atoms with E-state index in [0.29, 0.717) is 11.5 Å². The van der Waals surface area contributed by atoms with Crippen LogP contribution in [0.2, 0.25) is 0 Å². The van der Waals surface area contributed by atoms with Crippen molar-refractivity contribution in [2.24, 2.45) is 5.92 Å². The Morgan fingerprint density at radius 1 is 1.61 bits per heavy atom. The van der Waals surface area contributed by atoms with E-state index in [1.54, 1.807) is 6.33 Å². The van der Waals surface area contributed by atoms with Gasteiger partial charge in [-0.15, -0.1) is 0 Å². The fourth-order valence-electron chi connectivity index (χ4n) is 2.55. The summed E-state index contributed by atoms with van der Waals surface area (Å²) in [6.07, 6.45) is 3.02. The van der Waals surface area contributed by atoms with Crippen LogP contribution < -0.4 is 5.32 Å². The van der Waals surface area contributed by atoms with E-state index in [0.717, 1.165) is 25.2 Å². The molecule has 6 nitrogen and oxygen atoms in total. The molecule has 1 saturated heterocycles. The van der Waals surface area contributed by atoms with E-state index in [2.05, 4.69) is 15.4 Å². The molecule has 0 spiro atoms. The summed E-state index contributed by atoms with van der Waals surface area (Å²) >= 11 is 0. The molecule has 7 heteroatoms. The third-order valence-corrected chi connectivity index (χ3v) is 5.40. The van der Waals surface area contributed by atoms with E-state index in [1.165, 1.54) is 0 Å². The van der Waals surface area contributed by atoms with Crippen LogP contribution in [0, 0.1) is 5.92 Å². The monoisotopic (exact) mass is 272 g/mol. The summed E-state index contributed by atoms with van der Waals surface area (Å²) in [5, 5.41) is 7.36. The fourth-order valence-corrected chi connectivity index (χ4v) is 4.43. The molecule has 0 bridgehead atoms. The molecule has 0 saturated carbocycles. The average molecular weight is 272 g/mol. The predicted octanol–water partition coefficient (Wildman–Crippen LogP) is -0.137. The fraction of sp³-hybridized carbons (Fsp3) is 0.818. The Morgan fingerprint density at radius 3 is 2.94 bits per heavy atom. The molecule has 2 unspecified atom stereocenters. The van der Waals surface area contributed by atoms with Crippen LogP contribution in [0.25, 0.3) is 0 Å². The number of hydrogen-bond acceptors (Lipinski definition) is 5. The predicted molar refractivity (Wildman–Crippen MR) is 69.0 cm³/mol. The summed E-state index contributed by atoms with van der Waals surface area (Å²) in [7, 11) is -0.951. The molecule has 0 aliphatic carbocycles. The molecule has 0 amide bonds. The summed E-state index contributed by atoms with van der Waals surface area (Å²) in [5.41, 5.74) is 0. The van der Waals surface area contributed by atoms with Gasteiger partial charge in [-0.3, -0.25) is 4.68 Å². The van der Waals surface area contributed by atoms with Crippen LogP contribution in [0.3, 0.4) is 0 Å². The zero-order chi connectivity index (χ0) is 13.2. The Balaban J connectivity index is 2.06. The molecule has 2 atom stereocenters. The quantitative estimate of drug-likeness (QED) is 0.807. The first-order valence-corrected chi connectivity index (χ1v) is 8.12. The Hall–Kier alpha value is -0.950. The third-order valence-electron chi connectivity index (χ3n) is 3.61. The van der Waals surface area contributed by atoms with Crippen LogP contribution in [0.1, 0.15) is 19.2 Å². The standard InChI is InChI=1S/C11H20N4O2S/c1-3-15-11(13-8-14-15)6-10(12-2)9-4-5-18(16,17)7-9/h8-10,12H,3-7H2,1-2H3. The second kappa shape index (κ2) is 5.36. The van der Waals surface area contributed by atoms with Crippen LogP contribution >= 0.6 is 0 Å². The minimum atomic E-state index is -2.83. The number of nitrogens with one attached hydrogen (secondary N) is 1. The van der Waals surface area contributed by atoms with E-state index in [-0.39, 0.29) is 12.0 Å². The van der Waals surface area contributed by atoms with Crippen molar-refractivity contribution in [2.75, 3.05) is 18.6 Å². The molecule has 18 heavy (non-hydrogen) atoms. The number of rotatable bonds is 5. The summed E-state index contributed by atoms with van der Waals surface area (Å²) in [4.78, 5) is 4.24. The number of aryl methyl sites for hydroxylation is 1. The van der Waals surface area contributed by atoms with Gasteiger partial charge < -0.3 is 5.32 Å². The second-order valence-corrected chi connectivity index (χ2v) is 6.98. The molecular weight excluding hydrogens is 252 g/mol. The lowest BCUT2D eigenvalue weighted by Gasteiger charge is -2.21. The first-order chi connectivity index (χ1) is 8.55. The molecule has 1 N–H and O–H groups in total. The molecule has 2 rings (SSSR count). The normalized spacial score (nSPS) is 24.2. The van der Waals surface area contributed by atoms with Gasteiger partial charge >= 0.3 is 0 Å². The molecular formula is C11H20N4O2S. The lowest BCUT2D eigenvalue weighted by molar-refractivity contribution is 0.389. The number of nitrogens with zero attached hydrogens (tertiary/aromatic N) is 3. The molecule has 102 valence electrons. The summed E-state index contributed by atoms with van der Waals surface area (Å²) in [6, 6.07) is 0.150. The van der Waals surface area contributed by atoms with E-state index >= 15 is 0 Å². The molecule has 0 radical (unpaired) electrons. The maximum Gasteiger partial charge on any atom is 0.150 e.